The minimum atomic E-state index is -0.683. The highest BCUT2D eigenvalue weighted by molar-refractivity contribution is 9.10. The first-order valence-corrected chi connectivity index (χ1v) is 6.90. The normalized spacial score (nSPS) is 10.6. The van der Waals surface area contributed by atoms with E-state index < -0.39 is 16.4 Å². The molecule has 0 spiro atoms. The molecule has 0 aliphatic rings. The Labute approximate surface area is 134 Å². The second-order valence-corrected chi connectivity index (χ2v) is 5.14. The highest BCUT2D eigenvalue weighted by Crippen LogP contribution is 2.36. The van der Waals surface area contributed by atoms with E-state index in [1.54, 1.807) is 0 Å². The minimum Gasteiger partial charge on any atom is -0.500 e. The van der Waals surface area contributed by atoms with Crippen molar-refractivity contribution >= 4 is 33.5 Å². The average Bonchev–Trinajstić information content (AvgIpc) is 2.50. The Bertz CT molecular complexity index is 717. The molecule has 22 heavy (non-hydrogen) atoms. The molecular formula is C14H12BrN3O4. The standard InChI is InChI=1S/C14H12BrN3O4/c1-22-13-7-9(6-12(14(13)19)18(20)21)8-16-17-11-4-2-10(15)3-5-11/h2-8,17,19H,1H3. The van der Waals surface area contributed by atoms with Gasteiger partial charge in [-0.05, 0) is 30.3 Å². The van der Waals surface area contributed by atoms with E-state index in [-0.39, 0.29) is 5.75 Å². The molecule has 7 nitrogen and oxygen atoms in total. The van der Waals surface area contributed by atoms with Crippen molar-refractivity contribution in [2.45, 2.75) is 0 Å². The lowest BCUT2D eigenvalue weighted by molar-refractivity contribution is -0.386. The van der Waals surface area contributed by atoms with E-state index in [0.29, 0.717) is 5.56 Å². The first-order chi connectivity index (χ1) is 10.5. The van der Waals surface area contributed by atoms with Gasteiger partial charge in [-0.3, -0.25) is 15.5 Å². The smallest absolute Gasteiger partial charge is 0.315 e. The van der Waals surface area contributed by atoms with E-state index in [4.69, 9.17) is 4.74 Å². The number of anilines is 1. The number of aromatic hydroxyl groups is 1. The van der Waals surface area contributed by atoms with Crippen molar-refractivity contribution in [2.24, 2.45) is 5.10 Å². The maximum absolute atomic E-state index is 10.9. The third kappa shape index (κ3) is 3.73. The summed E-state index contributed by atoms with van der Waals surface area (Å²) in [5.41, 5.74) is 3.54. The Hall–Kier alpha value is -2.61. The third-order valence-corrected chi connectivity index (χ3v) is 3.27. The summed E-state index contributed by atoms with van der Waals surface area (Å²) in [6.07, 6.45) is 1.40. The highest BCUT2D eigenvalue weighted by Gasteiger charge is 2.19. The van der Waals surface area contributed by atoms with Gasteiger partial charge in [0.25, 0.3) is 0 Å². The molecule has 2 rings (SSSR count). The van der Waals surface area contributed by atoms with Gasteiger partial charge in [0.15, 0.2) is 5.75 Å². The minimum absolute atomic E-state index is 0.0132. The van der Waals surface area contributed by atoms with Crippen LogP contribution in [0, 0.1) is 10.1 Å². The van der Waals surface area contributed by atoms with Crippen LogP contribution < -0.4 is 10.2 Å². The molecule has 0 saturated carbocycles. The number of nitrogens with one attached hydrogen (secondary N) is 1. The molecule has 0 aliphatic heterocycles. The van der Waals surface area contributed by atoms with E-state index >= 15 is 0 Å². The van der Waals surface area contributed by atoms with Gasteiger partial charge in [-0.25, -0.2) is 0 Å². The molecule has 0 atom stereocenters. The fraction of sp³-hybridized carbons (Fsp3) is 0.0714. The quantitative estimate of drug-likeness (QED) is 0.480. The van der Waals surface area contributed by atoms with Crippen molar-refractivity contribution in [3.63, 3.8) is 0 Å². The van der Waals surface area contributed by atoms with Crippen LogP contribution >= 0.6 is 15.9 Å². The number of rotatable bonds is 5. The summed E-state index contributed by atoms with van der Waals surface area (Å²) in [6, 6.07) is 10.0. The number of benzene rings is 2. The topological polar surface area (TPSA) is 97.0 Å². The molecule has 0 fully saturated rings. The number of nitro benzene ring substituents is 1. The van der Waals surface area contributed by atoms with Crippen molar-refractivity contribution < 1.29 is 14.8 Å². The van der Waals surface area contributed by atoms with Gasteiger partial charge in [-0.15, -0.1) is 0 Å². The van der Waals surface area contributed by atoms with Crippen molar-refractivity contribution in [1.29, 1.82) is 0 Å². The molecule has 0 heterocycles. The second kappa shape index (κ2) is 6.90. The van der Waals surface area contributed by atoms with Crippen molar-refractivity contribution in [2.75, 3.05) is 12.5 Å². The van der Waals surface area contributed by atoms with Gasteiger partial charge in [-0.1, -0.05) is 15.9 Å². The van der Waals surface area contributed by atoms with Gasteiger partial charge in [0, 0.05) is 16.1 Å². The Morgan fingerprint density at radius 2 is 2.05 bits per heavy atom. The first-order valence-electron chi connectivity index (χ1n) is 6.11. The van der Waals surface area contributed by atoms with Gasteiger partial charge in [-0.2, -0.15) is 5.10 Å². The van der Waals surface area contributed by atoms with Crippen LogP contribution in [0.4, 0.5) is 11.4 Å². The summed E-state index contributed by atoms with van der Waals surface area (Å²) in [6.45, 7) is 0. The van der Waals surface area contributed by atoms with Crippen LogP contribution in [-0.4, -0.2) is 23.4 Å². The Kier molecular flexibility index (Phi) is 4.95. The van der Waals surface area contributed by atoms with Crippen LogP contribution in [0.2, 0.25) is 0 Å². The molecule has 0 unspecified atom stereocenters. The highest BCUT2D eigenvalue weighted by atomic mass is 79.9. The molecule has 0 radical (unpaired) electrons. The summed E-state index contributed by atoms with van der Waals surface area (Å²) < 4.78 is 5.86. The van der Waals surface area contributed by atoms with Crippen LogP contribution in [0.3, 0.4) is 0 Å². The largest absolute Gasteiger partial charge is 0.500 e. The zero-order valence-corrected chi connectivity index (χ0v) is 13.1. The van der Waals surface area contributed by atoms with Crippen LogP contribution in [0.25, 0.3) is 0 Å². The molecule has 0 amide bonds. The number of ether oxygens (including phenoxy) is 1. The summed E-state index contributed by atoms with van der Waals surface area (Å²) in [4.78, 5) is 10.2. The van der Waals surface area contributed by atoms with Crippen LogP contribution in [0.5, 0.6) is 11.5 Å². The third-order valence-electron chi connectivity index (χ3n) is 2.75. The average molecular weight is 366 g/mol. The molecule has 0 aliphatic carbocycles. The van der Waals surface area contributed by atoms with Crippen molar-refractivity contribution in [3.05, 3.63) is 56.5 Å². The van der Waals surface area contributed by atoms with Gasteiger partial charge in [0.2, 0.25) is 5.75 Å². The Morgan fingerprint density at radius 3 is 2.64 bits per heavy atom. The predicted molar refractivity (Wildman–Crippen MR) is 86.7 cm³/mol. The lowest BCUT2D eigenvalue weighted by Gasteiger charge is -2.05. The summed E-state index contributed by atoms with van der Waals surface area (Å²) in [7, 11) is 1.32. The van der Waals surface area contributed by atoms with Crippen molar-refractivity contribution in [3.8, 4) is 11.5 Å². The van der Waals surface area contributed by atoms with Crippen LogP contribution in [0.1, 0.15) is 5.56 Å². The van der Waals surface area contributed by atoms with Crippen LogP contribution in [-0.2, 0) is 0 Å². The number of hydrogen-bond donors (Lipinski definition) is 2. The zero-order chi connectivity index (χ0) is 16.1. The van der Waals surface area contributed by atoms with E-state index in [2.05, 4.69) is 26.5 Å². The maximum atomic E-state index is 10.9. The van der Waals surface area contributed by atoms with Gasteiger partial charge in [0.1, 0.15) is 0 Å². The first kappa shape index (κ1) is 15.8. The lowest BCUT2D eigenvalue weighted by atomic mass is 10.2. The van der Waals surface area contributed by atoms with Gasteiger partial charge in [0.05, 0.1) is 23.9 Å². The molecule has 0 aromatic heterocycles. The van der Waals surface area contributed by atoms with E-state index in [1.807, 2.05) is 24.3 Å². The number of hydrazone groups is 1. The zero-order valence-electron chi connectivity index (χ0n) is 11.5. The summed E-state index contributed by atoms with van der Waals surface area (Å²) in [5, 5.41) is 24.6. The SMILES string of the molecule is COc1cc(C=NNc2ccc(Br)cc2)cc([N+](=O)[O-])c1O. The molecule has 2 aromatic rings. The Balaban J connectivity index is 2.21. The number of hydrogen-bond acceptors (Lipinski definition) is 6. The summed E-state index contributed by atoms with van der Waals surface area (Å²) in [5.74, 6) is -0.496. The van der Waals surface area contributed by atoms with Crippen molar-refractivity contribution in [1.82, 2.24) is 0 Å². The second-order valence-electron chi connectivity index (χ2n) is 4.22. The van der Waals surface area contributed by atoms with Gasteiger partial charge >= 0.3 is 5.69 Å². The van der Waals surface area contributed by atoms with E-state index in [9.17, 15) is 15.2 Å². The monoisotopic (exact) mass is 365 g/mol. The number of phenolic OH excluding ortho intramolecular Hbond substituents is 1. The number of phenols is 1. The van der Waals surface area contributed by atoms with Crippen LogP contribution in [0.15, 0.2) is 46.0 Å². The molecule has 0 bridgehead atoms. The van der Waals surface area contributed by atoms with E-state index in [0.717, 1.165) is 10.2 Å². The number of nitrogens with zero attached hydrogens (tertiary/aromatic N) is 2. The molecule has 8 heteroatoms. The van der Waals surface area contributed by atoms with Gasteiger partial charge < -0.3 is 9.84 Å². The fourth-order valence-corrected chi connectivity index (χ4v) is 1.95. The summed E-state index contributed by atoms with van der Waals surface area (Å²) >= 11 is 3.33. The molecule has 2 aromatic carbocycles. The lowest BCUT2D eigenvalue weighted by Crippen LogP contribution is -1.96. The number of methoxy groups -OCH3 is 1. The molecular weight excluding hydrogens is 354 g/mol. The Morgan fingerprint density at radius 1 is 1.36 bits per heavy atom. The fourth-order valence-electron chi connectivity index (χ4n) is 1.69. The molecule has 114 valence electrons. The van der Waals surface area contributed by atoms with E-state index in [1.165, 1.54) is 25.5 Å². The number of nitro groups is 1. The molecule has 0 saturated heterocycles. The molecule has 2 N–H and O–H groups in total. The predicted octanol–water partition coefficient (Wildman–Crippen LogP) is 3.52. The number of halogens is 1. The maximum Gasteiger partial charge on any atom is 0.315 e.